The van der Waals surface area contributed by atoms with Gasteiger partial charge in [0.15, 0.2) is 0 Å². The van der Waals surface area contributed by atoms with Crippen LogP contribution in [0.15, 0.2) is 24.3 Å². The first-order valence-corrected chi connectivity index (χ1v) is 10.2. The predicted molar refractivity (Wildman–Crippen MR) is 104 cm³/mol. The van der Waals surface area contributed by atoms with E-state index in [4.69, 9.17) is 0 Å². The maximum absolute atomic E-state index is 12.2. The number of amides is 3. The zero-order valence-corrected chi connectivity index (χ0v) is 16.7. The number of benzene rings is 1. The normalized spacial score (nSPS) is 18.9. The number of carbonyl (C=O) groups is 2. The molecule has 1 saturated carbocycles. The lowest BCUT2D eigenvalue weighted by Gasteiger charge is -2.34. The van der Waals surface area contributed by atoms with E-state index in [1.165, 1.54) is 12.1 Å². The SMILES string of the molecule is O=C(CN1CCN(Cc2ccc(OC(F)(F)F)cc2)CC1)NC(=O)NC1CCCC1. The van der Waals surface area contributed by atoms with Crippen molar-refractivity contribution >= 4 is 11.9 Å². The van der Waals surface area contributed by atoms with Crippen molar-refractivity contribution in [3.8, 4) is 5.75 Å². The molecule has 166 valence electrons. The van der Waals surface area contributed by atoms with E-state index in [9.17, 15) is 22.8 Å². The van der Waals surface area contributed by atoms with Crippen LogP contribution in [0.25, 0.3) is 0 Å². The highest BCUT2D eigenvalue weighted by molar-refractivity contribution is 5.95. The summed E-state index contributed by atoms with van der Waals surface area (Å²) in [5.41, 5.74) is 0.888. The second-order valence-electron chi connectivity index (χ2n) is 7.75. The molecular weight excluding hydrogens is 401 g/mol. The van der Waals surface area contributed by atoms with Gasteiger partial charge >= 0.3 is 12.4 Å². The molecule has 10 heteroatoms. The van der Waals surface area contributed by atoms with Crippen LogP contribution in [0.4, 0.5) is 18.0 Å². The monoisotopic (exact) mass is 428 g/mol. The van der Waals surface area contributed by atoms with E-state index in [1.807, 2.05) is 4.90 Å². The Morgan fingerprint density at radius 2 is 1.60 bits per heavy atom. The lowest BCUT2D eigenvalue weighted by atomic mass is 10.2. The molecule has 0 radical (unpaired) electrons. The van der Waals surface area contributed by atoms with Crippen molar-refractivity contribution in [2.75, 3.05) is 32.7 Å². The maximum Gasteiger partial charge on any atom is 0.573 e. The van der Waals surface area contributed by atoms with Gasteiger partial charge in [0, 0.05) is 38.8 Å². The third-order valence-corrected chi connectivity index (χ3v) is 5.34. The molecule has 1 heterocycles. The van der Waals surface area contributed by atoms with Gasteiger partial charge in [0.2, 0.25) is 5.91 Å². The molecule has 2 aliphatic rings. The first kappa shape index (κ1) is 22.4. The number of nitrogens with zero attached hydrogens (tertiary/aromatic N) is 2. The standard InChI is InChI=1S/C20H27F3N4O3/c21-20(22,23)30-17-7-5-15(6-8-17)13-26-9-11-27(12-10-26)14-18(28)25-19(29)24-16-3-1-2-4-16/h5-8,16H,1-4,9-14H2,(H2,24,25,28,29). The summed E-state index contributed by atoms with van der Waals surface area (Å²) in [6.07, 6.45) is -0.562. The highest BCUT2D eigenvalue weighted by Gasteiger charge is 2.31. The summed E-state index contributed by atoms with van der Waals surface area (Å²) in [7, 11) is 0. The van der Waals surface area contributed by atoms with Gasteiger partial charge in [0.25, 0.3) is 0 Å². The van der Waals surface area contributed by atoms with Crippen LogP contribution in [0.3, 0.4) is 0 Å². The van der Waals surface area contributed by atoms with E-state index >= 15 is 0 Å². The highest BCUT2D eigenvalue weighted by atomic mass is 19.4. The molecule has 1 aliphatic carbocycles. The lowest BCUT2D eigenvalue weighted by Crippen LogP contribution is -2.51. The molecule has 1 saturated heterocycles. The summed E-state index contributed by atoms with van der Waals surface area (Å²) in [4.78, 5) is 28.1. The summed E-state index contributed by atoms with van der Waals surface area (Å²) in [6, 6.07) is 5.58. The van der Waals surface area contributed by atoms with Gasteiger partial charge in [-0.2, -0.15) is 0 Å². The van der Waals surface area contributed by atoms with Crippen LogP contribution in [-0.4, -0.2) is 66.9 Å². The summed E-state index contributed by atoms with van der Waals surface area (Å²) < 4.78 is 40.5. The molecule has 1 aliphatic heterocycles. The number of urea groups is 1. The van der Waals surface area contributed by atoms with Gasteiger partial charge in [0.05, 0.1) is 6.54 Å². The van der Waals surface area contributed by atoms with Crippen LogP contribution < -0.4 is 15.4 Å². The van der Waals surface area contributed by atoms with E-state index < -0.39 is 12.4 Å². The second-order valence-corrected chi connectivity index (χ2v) is 7.75. The van der Waals surface area contributed by atoms with Crippen molar-refractivity contribution in [1.82, 2.24) is 20.4 Å². The molecule has 7 nitrogen and oxygen atoms in total. The highest BCUT2D eigenvalue weighted by Crippen LogP contribution is 2.23. The number of ether oxygens (including phenoxy) is 1. The number of alkyl halides is 3. The Morgan fingerprint density at radius 1 is 1.00 bits per heavy atom. The van der Waals surface area contributed by atoms with E-state index in [1.54, 1.807) is 12.1 Å². The average molecular weight is 428 g/mol. The Kier molecular flexibility index (Phi) is 7.54. The summed E-state index contributed by atoms with van der Waals surface area (Å²) in [6.45, 7) is 3.57. The van der Waals surface area contributed by atoms with Gasteiger partial charge in [-0.05, 0) is 30.5 Å². The van der Waals surface area contributed by atoms with Gasteiger partial charge in [-0.3, -0.25) is 19.9 Å². The second kappa shape index (κ2) is 10.1. The average Bonchev–Trinajstić information content (AvgIpc) is 3.16. The molecule has 0 spiro atoms. The van der Waals surface area contributed by atoms with Crippen LogP contribution in [0.2, 0.25) is 0 Å². The molecule has 0 aromatic heterocycles. The number of rotatable bonds is 6. The quantitative estimate of drug-likeness (QED) is 0.728. The minimum absolute atomic E-state index is 0.162. The van der Waals surface area contributed by atoms with Crippen molar-refractivity contribution in [3.63, 3.8) is 0 Å². The Morgan fingerprint density at radius 3 is 2.20 bits per heavy atom. The molecule has 0 bridgehead atoms. The molecule has 3 amide bonds. The molecule has 1 aromatic rings. The molecule has 2 fully saturated rings. The zero-order valence-electron chi connectivity index (χ0n) is 16.7. The molecule has 1 aromatic carbocycles. The summed E-state index contributed by atoms with van der Waals surface area (Å²) >= 11 is 0. The van der Waals surface area contributed by atoms with Crippen molar-refractivity contribution in [3.05, 3.63) is 29.8 Å². The lowest BCUT2D eigenvalue weighted by molar-refractivity contribution is -0.274. The first-order chi connectivity index (χ1) is 14.3. The van der Waals surface area contributed by atoms with Gasteiger partial charge in [-0.15, -0.1) is 13.2 Å². The van der Waals surface area contributed by atoms with Crippen molar-refractivity contribution in [1.29, 1.82) is 0 Å². The van der Waals surface area contributed by atoms with E-state index in [-0.39, 0.29) is 24.2 Å². The van der Waals surface area contributed by atoms with Crippen molar-refractivity contribution in [2.24, 2.45) is 0 Å². The van der Waals surface area contributed by atoms with Crippen molar-refractivity contribution < 1.29 is 27.5 Å². The number of hydrogen-bond acceptors (Lipinski definition) is 5. The zero-order chi connectivity index (χ0) is 21.6. The van der Waals surface area contributed by atoms with E-state index in [2.05, 4.69) is 20.3 Å². The Labute approximate surface area is 173 Å². The maximum atomic E-state index is 12.2. The Hall–Kier alpha value is -2.33. The van der Waals surface area contributed by atoms with Crippen LogP contribution >= 0.6 is 0 Å². The molecule has 2 N–H and O–H groups in total. The topological polar surface area (TPSA) is 73.9 Å². The molecule has 30 heavy (non-hydrogen) atoms. The Balaban J connectivity index is 1.35. The number of nitrogens with one attached hydrogen (secondary N) is 2. The van der Waals surface area contributed by atoms with Gasteiger partial charge in [-0.1, -0.05) is 25.0 Å². The van der Waals surface area contributed by atoms with Gasteiger partial charge < -0.3 is 10.1 Å². The minimum atomic E-state index is -4.69. The predicted octanol–water partition coefficient (Wildman–Crippen LogP) is 2.47. The molecule has 3 rings (SSSR count). The van der Waals surface area contributed by atoms with Crippen molar-refractivity contribution in [2.45, 2.75) is 44.6 Å². The number of carbonyl (C=O) groups excluding carboxylic acids is 2. The summed E-state index contributed by atoms with van der Waals surface area (Å²) in [5.74, 6) is -0.557. The number of hydrogen-bond donors (Lipinski definition) is 2. The largest absolute Gasteiger partial charge is 0.573 e. The van der Waals surface area contributed by atoms with Crippen LogP contribution in [0.1, 0.15) is 31.2 Å². The van der Waals surface area contributed by atoms with Gasteiger partial charge in [0.1, 0.15) is 5.75 Å². The summed E-state index contributed by atoms with van der Waals surface area (Å²) in [5, 5.41) is 5.22. The Bertz CT molecular complexity index is 713. The van der Waals surface area contributed by atoms with Crippen LogP contribution in [0, 0.1) is 0 Å². The molecule has 0 atom stereocenters. The fraction of sp³-hybridized carbons (Fsp3) is 0.600. The smallest absolute Gasteiger partial charge is 0.406 e. The number of piperazine rings is 1. The third kappa shape index (κ3) is 7.49. The number of imide groups is 1. The van der Waals surface area contributed by atoms with E-state index in [0.29, 0.717) is 19.6 Å². The molecular formula is C20H27F3N4O3. The molecule has 0 unspecified atom stereocenters. The van der Waals surface area contributed by atoms with Crippen LogP contribution in [-0.2, 0) is 11.3 Å². The fourth-order valence-corrected chi connectivity index (χ4v) is 3.82. The van der Waals surface area contributed by atoms with Crippen LogP contribution in [0.5, 0.6) is 5.75 Å². The van der Waals surface area contributed by atoms with Gasteiger partial charge in [-0.25, -0.2) is 4.79 Å². The number of halogens is 3. The third-order valence-electron chi connectivity index (χ3n) is 5.34. The van der Waals surface area contributed by atoms with E-state index in [0.717, 1.165) is 44.3 Å². The fourth-order valence-electron chi connectivity index (χ4n) is 3.82. The minimum Gasteiger partial charge on any atom is -0.406 e. The first-order valence-electron chi connectivity index (χ1n) is 10.2.